The standard InChI is InChI=1S/C15H15BrF2N2/c1-9-2-4-11(16)14(6-9)20-15(8-19)10-3-5-12(17)13(18)7-10/h2-7,15,20H,8,19H2,1H3. The lowest BCUT2D eigenvalue weighted by atomic mass is 10.1. The molecule has 5 heteroatoms. The number of hydrogen-bond acceptors (Lipinski definition) is 2. The zero-order valence-corrected chi connectivity index (χ0v) is 12.5. The number of aryl methyl sites for hydroxylation is 1. The fourth-order valence-electron chi connectivity index (χ4n) is 1.94. The summed E-state index contributed by atoms with van der Waals surface area (Å²) in [5, 5.41) is 3.24. The fourth-order valence-corrected chi connectivity index (χ4v) is 2.31. The molecule has 0 aromatic heterocycles. The van der Waals surface area contributed by atoms with Gasteiger partial charge in [0.2, 0.25) is 0 Å². The summed E-state index contributed by atoms with van der Waals surface area (Å²) in [4.78, 5) is 0. The molecule has 0 aliphatic rings. The average molecular weight is 341 g/mol. The van der Waals surface area contributed by atoms with Crippen LogP contribution in [-0.2, 0) is 0 Å². The lowest BCUT2D eigenvalue weighted by molar-refractivity contribution is 0.506. The molecule has 0 aliphatic heterocycles. The predicted octanol–water partition coefficient (Wildman–Crippen LogP) is 4.15. The van der Waals surface area contributed by atoms with Crippen LogP contribution < -0.4 is 11.1 Å². The van der Waals surface area contributed by atoms with E-state index in [4.69, 9.17) is 5.73 Å². The Morgan fingerprint density at radius 1 is 1.15 bits per heavy atom. The Morgan fingerprint density at radius 2 is 1.90 bits per heavy atom. The van der Waals surface area contributed by atoms with Crippen molar-refractivity contribution in [2.75, 3.05) is 11.9 Å². The van der Waals surface area contributed by atoms with E-state index in [0.717, 1.165) is 21.8 Å². The first-order valence-corrected chi connectivity index (χ1v) is 6.98. The van der Waals surface area contributed by atoms with Crippen molar-refractivity contribution in [2.24, 2.45) is 5.73 Å². The van der Waals surface area contributed by atoms with Crippen LogP contribution in [0.25, 0.3) is 0 Å². The summed E-state index contributed by atoms with van der Waals surface area (Å²) in [7, 11) is 0. The van der Waals surface area contributed by atoms with Crippen LogP contribution in [0.15, 0.2) is 40.9 Å². The number of nitrogens with one attached hydrogen (secondary N) is 1. The number of nitrogens with two attached hydrogens (primary N) is 1. The Kier molecular flexibility index (Phi) is 4.73. The normalized spacial score (nSPS) is 12.2. The van der Waals surface area contributed by atoms with Crippen molar-refractivity contribution in [3.05, 3.63) is 63.6 Å². The van der Waals surface area contributed by atoms with Gasteiger partial charge in [-0.2, -0.15) is 0 Å². The third kappa shape index (κ3) is 3.35. The number of rotatable bonds is 4. The van der Waals surface area contributed by atoms with Gasteiger partial charge in [0.25, 0.3) is 0 Å². The first-order chi connectivity index (χ1) is 9.51. The van der Waals surface area contributed by atoms with Crippen LogP contribution in [0.5, 0.6) is 0 Å². The lowest BCUT2D eigenvalue weighted by Gasteiger charge is -2.20. The molecule has 2 rings (SSSR count). The minimum absolute atomic E-state index is 0.269. The summed E-state index contributed by atoms with van der Waals surface area (Å²) < 4.78 is 27.2. The van der Waals surface area contributed by atoms with Crippen molar-refractivity contribution in [3.8, 4) is 0 Å². The monoisotopic (exact) mass is 340 g/mol. The predicted molar refractivity (Wildman–Crippen MR) is 80.7 cm³/mol. The first-order valence-electron chi connectivity index (χ1n) is 6.19. The van der Waals surface area contributed by atoms with Gasteiger partial charge < -0.3 is 11.1 Å². The third-order valence-corrected chi connectivity index (χ3v) is 3.72. The Bertz CT molecular complexity index is 617. The molecular weight excluding hydrogens is 326 g/mol. The second-order valence-electron chi connectivity index (χ2n) is 4.59. The quantitative estimate of drug-likeness (QED) is 0.877. The molecule has 0 radical (unpaired) electrons. The van der Waals surface area contributed by atoms with Crippen LogP contribution in [0.1, 0.15) is 17.2 Å². The van der Waals surface area contributed by atoms with Crippen molar-refractivity contribution in [1.82, 2.24) is 0 Å². The lowest BCUT2D eigenvalue weighted by Crippen LogP contribution is -2.21. The molecule has 0 bridgehead atoms. The maximum absolute atomic E-state index is 13.3. The van der Waals surface area contributed by atoms with Crippen LogP contribution in [-0.4, -0.2) is 6.54 Å². The highest BCUT2D eigenvalue weighted by Crippen LogP contribution is 2.27. The van der Waals surface area contributed by atoms with Gasteiger partial charge in [-0.25, -0.2) is 8.78 Å². The van der Waals surface area contributed by atoms with Crippen LogP contribution in [0.4, 0.5) is 14.5 Å². The van der Waals surface area contributed by atoms with Crippen molar-refractivity contribution in [3.63, 3.8) is 0 Å². The molecule has 0 saturated carbocycles. The summed E-state index contributed by atoms with van der Waals surface area (Å²) >= 11 is 3.45. The van der Waals surface area contributed by atoms with E-state index in [2.05, 4.69) is 21.2 Å². The van der Waals surface area contributed by atoms with E-state index >= 15 is 0 Å². The highest BCUT2D eigenvalue weighted by Gasteiger charge is 2.13. The van der Waals surface area contributed by atoms with Crippen LogP contribution >= 0.6 is 15.9 Å². The number of halogens is 3. The molecule has 0 saturated heterocycles. The van der Waals surface area contributed by atoms with Crippen LogP contribution in [0.2, 0.25) is 0 Å². The SMILES string of the molecule is Cc1ccc(Br)c(NC(CN)c2ccc(F)c(F)c2)c1. The summed E-state index contributed by atoms with van der Waals surface area (Å²) in [6.45, 7) is 2.25. The Labute approximate surface area is 125 Å². The van der Waals surface area contributed by atoms with Crippen molar-refractivity contribution < 1.29 is 8.78 Å². The van der Waals surface area contributed by atoms with Crippen LogP contribution in [0, 0.1) is 18.6 Å². The minimum Gasteiger partial charge on any atom is -0.376 e. The molecule has 1 atom stereocenters. The van der Waals surface area contributed by atoms with Gasteiger partial charge in [-0.1, -0.05) is 12.1 Å². The summed E-state index contributed by atoms with van der Waals surface area (Å²) in [5.41, 5.74) is 8.31. The number of hydrogen-bond donors (Lipinski definition) is 2. The molecule has 0 fully saturated rings. The van der Waals surface area contributed by atoms with E-state index in [1.54, 1.807) is 0 Å². The molecular formula is C15H15BrF2N2. The molecule has 2 aromatic carbocycles. The highest BCUT2D eigenvalue weighted by molar-refractivity contribution is 9.10. The van der Waals surface area contributed by atoms with Crippen molar-refractivity contribution in [1.29, 1.82) is 0 Å². The van der Waals surface area contributed by atoms with E-state index in [0.29, 0.717) is 5.56 Å². The molecule has 0 heterocycles. The van der Waals surface area contributed by atoms with Gasteiger partial charge in [0.05, 0.1) is 6.04 Å². The van der Waals surface area contributed by atoms with E-state index in [1.165, 1.54) is 12.1 Å². The van der Waals surface area contributed by atoms with Gasteiger partial charge in [-0.05, 0) is 58.2 Å². The van der Waals surface area contributed by atoms with Gasteiger partial charge >= 0.3 is 0 Å². The van der Waals surface area contributed by atoms with E-state index in [1.807, 2.05) is 25.1 Å². The van der Waals surface area contributed by atoms with E-state index < -0.39 is 11.6 Å². The summed E-state index contributed by atoms with van der Waals surface area (Å²) in [6.07, 6.45) is 0. The second kappa shape index (κ2) is 6.33. The number of benzene rings is 2. The summed E-state index contributed by atoms with van der Waals surface area (Å²) in [5.74, 6) is -1.73. The van der Waals surface area contributed by atoms with E-state index in [-0.39, 0.29) is 12.6 Å². The highest BCUT2D eigenvalue weighted by atomic mass is 79.9. The van der Waals surface area contributed by atoms with E-state index in [9.17, 15) is 8.78 Å². The minimum atomic E-state index is -0.869. The van der Waals surface area contributed by atoms with Gasteiger partial charge in [0, 0.05) is 16.7 Å². The molecule has 20 heavy (non-hydrogen) atoms. The largest absolute Gasteiger partial charge is 0.376 e. The number of anilines is 1. The smallest absolute Gasteiger partial charge is 0.159 e. The first kappa shape index (κ1) is 14.9. The molecule has 2 aromatic rings. The Morgan fingerprint density at radius 3 is 2.55 bits per heavy atom. The maximum Gasteiger partial charge on any atom is 0.159 e. The van der Waals surface area contributed by atoms with Gasteiger partial charge in [-0.15, -0.1) is 0 Å². The van der Waals surface area contributed by atoms with Gasteiger partial charge in [0.1, 0.15) is 0 Å². The molecule has 1 unspecified atom stereocenters. The molecule has 0 spiro atoms. The topological polar surface area (TPSA) is 38.0 Å². The van der Waals surface area contributed by atoms with Crippen molar-refractivity contribution in [2.45, 2.75) is 13.0 Å². The molecule has 106 valence electrons. The summed E-state index contributed by atoms with van der Waals surface area (Å²) in [6, 6.07) is 9.40. The zero-order valence-electron chi connectivity index (χ0n) is 11.0. The Hall–Kier alpha value is -1.46. The third-order valence-electron chi connectivity index (χ3n) is 3.03. The second-order valence-corrected chi connectivity index (χ2v) is 5.44. The van der Waals surface area contributed by atoms with Gasteiger partial charge in [0.15, 0.2) is 11.6 Å². The van der Waals surface area contributed by atoms with Crippen LogP contribution in [0.3, 0.4) is 0 Å². The molecule has 2 nitrogen and oxygen atoms in total. The molecule has 0 amide bonds. The molecule has 0 aliphatic carbocycles. The molecule has 3 N–H and O–H groups in total. The fraction of sp³-hybridized carbons (Fsp3) is 0.200. The Balaban J connectivity index is 2.28. The zero-order chi connectivity index (χ0) is 14.7. The van der Waals surface area contributed by atoms with Crippen molar-refractivity contribution >= 4 is 21.6 Å². The maximum atomic E-state index is 13.3. The average Bonchev–Trinajstić information content (AvgIpc) is 2.43. The van der Waals surface area contributed by atoms with Gasteiger partial charge in [-0.3, -0.25) is 0 Å².